The molecule has 0 radical (unpaired) electrons. The van der Waals surface area contributed by atoms with Crippen LogP contribution in [0, 0.1) is 0 Å². The first kappa shape index (κ1) is 14.2. The van der Waals surface area contributed by atoms with E-state index < -0.39 is 0 Å². The molecule has 0 saturated heterocycles. The molecule has 0 aliphatic heterocycles. The number of hydrogen-bond acceptors (Lipinski definition) is 4. The van der Waals surface area contributed by atoms with Gasteiger partial charge in [-0.2, -0.15) is 4.98 Å². The van der Waals surface area contributed by atoms with Crippen LogP contribution in [0.3, 0.4) is 0 Å². The van der Waals surface area contributed by atoms with Gasteiger partial charge in [0.2, 0.25) is 5.82 Å². The summed E-state index contributed by atoms with van der Waals surface area (Å²) in [6, 6.07) is 27.0. The molecule has 24 heavy (non-hydrogen) atoms. The van der Waals surface area contributed by atoms with Crippen LogP contribution in [0.2, 0.25) is 0 Å². The van der Waals surface area contributed by atoms with Gasteiger partial charge in [0.1, 0.15) is 11.5 Å². The smallest absolute Gasteiger partial charge is 0.258 e. The Morgan fingerprint density at radius 3 is 1.96 bits per heavy atom. The first-order valence-corrected chi connectivity index (χ1v) is 7.61. The average molecular weight is 314 g/mol. The van der Waals surface area contributed by atoms with Gasteiger partial charge >= 0.3 is 0 Å². The monoisotopic (exact) mass is 314 g/mol. The highest BCUT2D eigenvalue weighted by molar-refractivity contribution is 5.60. The maximum Gasteiger partial charge on any atom is 0.258 e. The van der Waals surface area contributed by atoms with Crippen molar-refractivity contribution in [1.29, 1.82) is 0 Å². The molecule has 0 spiro atoms. The van der Waals surface area contributed by atoms with Gasteiger partial charge in [-0.15, -0.1) is 0 Å². The number of aromatic nitrogens is 2. The van der Waals surface area contributed by atoms with Gasteiger partial charge in [0.25, 0.3) is 5.89 Å². The Kier molecular flexibility index (Phi) is 3.78. The molecule has 0 N–H and O–H groups in total. The Labute approximate surface area is 139 Å². The SMILES string of the molecule is c1ccc(Oc2ccc(-c3noc(-c4ccccc4)n3)cc2)cc1. The van der Waals surface area contributed by atoms with E-state index >= 15 is 0 Å². The zero-order valence-electron chi connectivity index (χ0n) is 12.8. The van der Waals surface area contributed by atoms with Crippen molar-refractivity contribution < 1.29 is 9.26 Å². The van der Waals surface area contributed by atoms with Gasteiger partial charge in [-0.1, -0.05) is 41.6 Å². The third-order valence-corrected chi connectivity index (χ3v) is 3.54. The zero-order chi connectivity index (χ0) is 16.2. The van der Waals surface area contributed by atoms with Gasteiger partial charge in [0.05, 0.1) is 0 Å². The number of para-hydroxylation sites is 1. The second-order valence-corrected chi connectivity index (χ2v) is 5.23. The fourth-order valence-corrected chi connectivity index (χ4v) is 2.34. The van der Waals surface area contributed by atoms with Crippen LogP contribution in [0.15, 0.2) is 89.5 Å². The Hall–Kier alpha value is -3.40. The normalized spacial score (nSPS) is 10.5. The molecule has 4 nitrogen and oxygen atoms in total. The van der Waals surface area contributed by atoms with Crippen LogP contribution in [-0.2, 0) is 0 Å². The summed E-state index contributed by atoms with van der Waals surface area (Å²) < 4.78 is 11.1. The molecule has 116 valence electrons. The lowest BCUT2D eigenvalue weighted by atomic mass is 10.2. The number of nitrogens with zero attached hydrogens (tertiary/aromatic N) is 2. The molecule has 4 rings (SSSR count). The standard InChI is InChI=1S/C20H14N2O2/c1-3-7-16(8-4-1)20-21-19(22-24-20)15-11-13-18(14-12-15)23-17-9-5-2-6-10-17/h1-14H. The van der Waals surface area contributed by atoms with Gasteiger partial charge in [-0.05, 0) is 48.5 Å². The van der Waals surface area contributed by atoms with Crippen molar-refractivity contribution in [2.45, 2.75) is 0 Å². The maximum atomic E-state index is 5.78. The molecule has 0 aliphatic rings. The minimum absolute atomic E-state index is 0.509. The predicted octanol–water partition coefficient (Wildman–Crippen LogP) is 5.20. The highest BCUT2D eigenvalue weighted by atomic mass is 16.5. The lowest BCUT2D eigenvalue weighted by molar-refractivity contribution is 0.432. The second kappa shape index (κ2) is 6.38. The number of ether oxygens (including phenoxy) is 1. The third kappa shape index (κ3) is 3.03. The Bertz CT molecular complexity index is 917. The van der Waals surface area contributed by atoms with Crippen LogP contribution in [0.5, 0.6) is 11.5 Å². The van der Waals surface area contributed by atoms with Gasteiger partial charge in [-0.25, -0.2) is 0 Å². The summed E-state index contributed by atoms with van der Waals surface area (Å²) in [7, 11) is 0. The number of benzene rings is 3. The molecule has 3 aromatic carbocycles. The first-order valence-electron chi connectivity index (χ1n) is 7.61. The van der Waals surface area contributed by atoms with Crippen LogP contribution < -0.4 is 4.74 Å². The van der Waals surface area contributed by atoms with E-state index in [1.807, 2.05) is 84.9 Å². The van der Waals surface area contributed by atoms with Crippen molar-refractivity contribution in [3.8, 4) is 34.3 Å². The van der Waals surface area contributed by atoms with Crippen LogP contribution >= 0.6 is 0 Å². The van der Waals surface area contributed by atoms with E-state index in [0.717, 1.165) is 22.6 Å². The van der Waals surface area contributed by atoms with E-state index in [9.17, 15) is 0 Å². The topological polar surface area (TPSA) is 48.2 Å². The minimum Gasteiger partial charge on any atom is -0.457 e. The van der Waals surface area contributed by atoms with Gasteiger partial charge in [-0.3, -0.25) is 0 Å². The van der Waals surface area contributed by atoms with Crippen LogP contribution in [0.1, 0.15) is 0 Å². The second-order valence-electron chi connectivity index (χ2n) is 5.23. The quantitative estimate of drug-likeness (QED) is 0.519. The van der Waals surface area contributed by atoms with E-state index in [4.69, 9.17) is 9.26 Å². The summed E-state index contributed by atoms with van der Waals surface area (Å²) in [6.07, 6.45) is 0. The summed E-state index contributed by atoms with van der Waals surface area (Å²) >= 11 is 0. The molecule has 0 fully saturated rings. The fraction of sp³-hybridized carbons (Fsp3) is 0. The summed E-state index contributed by atoms with van der Waals surface area (Å²) in [5, 5.41) is 4.05. The van der Waals surface area contributed by atoms with Crippen LogP contribution in [0.4, 0.5) is 0 Å². The van der Waals surface area contributed by atoms with Crippen molar-refractivity contribution in [2.75, 3.05) is 0 Å². The molecule has 1 aromatic heterocycles. The lowest BCUT2D eigenvalue weighted by Crippen LogP contribution is -1.85. The fourth-order valence-electron chi connectivity index (χ4n) is 2.34. The van der Waals surface area contributed by atoms with E-state index in [0.29, 0.717) is 11.7 Å². The van der Waals surface area contributed by atoms with Crippen molar-refractivity contribution >= 4 is 0 Å². The largest absolute Gasteiger partial charge is 0.457 e. The summed E-state index contributed by atoms with van der Waals surface area (Å²) in [5.74, 6) is 2.63. The van der Waals surface area contributed by atoms with Gasteiger partial charge < -0.3 is 9.26 Å². The van der Waals surface area contributed by atoms with Crippen LogP contribution in [0.25, 0.3) is 22.8 Å². The Morgan fingerprint density at radius 1 is 0.625 bits per heavy atom. The van der Waals surface area contributed by atoms with Crippen LogP contribution in [-0.4, -0.2) is 10.1 Å². The van der Waals surface area contributed by atoms with Crippen molar-refractivity contribution in [3.05, 3.63) is 84.9 Å². The van der Waals surface area contributed by atoms with E-state index in [-0.39, 0.29) is 0 Å². The molecule has 1 heterocycles. The molecule has 0 amide bonds. The van der Waals surface area contributed by atoms with E-state index in [2.05, 4.69) is 10.1 Å². The Balaban J connectivity index is 1.54. The minimum atomic E-state index is 0.509. The number of hydrogen-bond donors (Lipinski definition) is 0. The molecule has 4 heteroatoms. The predicted molar refractivity (Wildman–Crippen MR) is 91.7 cm³/mol. The van der Waals surface area contributed by atoms with Crippen molar-refractivity contribution in [3.63, 3.8) is 0 Å². The van der Waals surface area contributed by atoms with Gasteiger partial charge in [0, 0.05) is 11.1 Å². The molecule has 0 aliphatic carbocycles. The van der Waals surface area contributed by atoms with E-state index in [1.165, 1.54) is 0 Å². The third-order valence-electron chi connectivity index (χ3n) is 3.54. The van der Waals surface area contributed by atoms with Crippen molar-refractivity contribution in [2.24, 2.45) is 0 Å². The molecule has 0 atom stereocenters. The zero-order valence-corrected chi connectivity index (χ0v) is 12.8. The van der Waals surface area contributed by atoms with Crippen molar-refractivity contribution in [1.82, 2.24) is 10.1 Å². The maximum absolute atomic E-state index is 5.78. The number of rotatable bonds is 4. The molecule has 4 aromatic rings. The average Bonchev–Trinajstić information content (AvgIpc) is 3.14. The van der Waals surface area contributed by atoms with E-state index in [1.54, 1.807) is 0 Å². The molecule has 0 bridgehead atoms. The summed E-state index contributed by atoms with van der Waals surface area (Å²) in [5.41, 5.74) is 1.78. The highest BCUT2D eigenvalue weighted by Gasteiger charge is 2.10. The first-order chi connectivity index (χ1) is 11.9. The summed E-state index contributed by atoms with van der Waals surface area (Å²) in [6.45, 7) is 0. The lowest BCUT2D eigenvalue weighted by Gasteiger charge is -2.05. The highest BCUT2D eigenvalue weighted by Crippen LogP contribution is 2.26. The molecule has 0 unspecified atom stereocenters. The Morgan fingerprint density at radius 2 is 1.25 bits per heavy atom. The molecule has 0 saturated carbocycles. The molecular weight excluding hydrogens is 300 g/mol. The summed E-state index contributed by atoms with van der Waals surface area (Å²) in [4.78, 5) is 4.45. The van der Waals surface area contributed by atoms with Gasteiger partial charge in [0.15, 0.2) is 0 Å². The molecular formula is C20H14N2O2.